The van der Waals surface area contributed by atoms with Crippen molar-refractivity contribution >= 4 is 0 Å². The van der Waals surface area contributed by atoms with E-state index in [2.05, 4.69) is 231 Å². The van der Waals surface area contributed by atoms with Crippen molar-refractivity contribution in [2.45, 2.75) is 5.41 Å². The van der Waals surface area contributed by atoms with Crippen molar-refractivity contribution in [2.75, 3.05) is 0 Å². The molecule has 1 aromatic heterocycles. The van der Waals surface area contributed by atoms with E-state index in [0.717, 1.165) is 39.2 Å². The van der Waals surface area contributed by atoms with Crippen LogP contribution in [0.15, 0.2) is 243 Å². The van der Waals surface area contributed by atoms with Crippen LogP contribution >= 0.6 is 0 Å². The zero-order valence-corrected chi connectivity index (χ0v) is 33.5. The molecule has 0 amide bonds. The molecule has 0 saturated heterocycles. The number of rotatable bonds is 8. The molecule has 9 aromatic carbocycles. The Hall–Kier alpha value is -7.94. The first-order chi connectivity index (χ1) is 30.2. The zero-order chi connectivity index (χ0) is 40.6. The molecule has 0 saturated carbocycles. The minimum absolute atomic E-state index is 0.497. The SMILES string of the molecule is c1ccc(-c2ccc(-c3nc(-c4ccccc4)cc(-c4ccc(-c5cc6c(cc5-c5ccccc5)-c5ccccc5C6(c5ccccc5)c5ccccc5)cc4)n3)cc2)cc1. The van der Waals surface area contributed by atoms with Crippen LogP contribution in [0, 0.1) is 0 Å². The summed E-state index contributed by atoms with van der Waals surface area (Å²) >= 11 is 0. The minimum Gasteiger partial charge on any atom is -0.228 e. The van der Waals surface area contributed by atoms with E-state index in [4.69, 9.17) is 9.97 Å². The van der Waals surface area contributed by atoms with Gasteiger partial charge in [0.05, 0.1) is 16.8 Å². The molecule has 11 rings (SSSR count). The molecule has 2 nitrogen and oxygen atoms in total. The lowest BCUT2D eigenvalue weighted by Crippen LogP contribution is -2.28. The molecule has 0 spiro atoms. The summed E-state index contributed by atoms with van der Waals surface area (Å²) in [7, 11) is 0. The second-order valence-corrected chi connectivity index (χ2v) is 15.7. The highest BCUT2D eigenvalue weighted by Gasteiger charge is 2.46. The smallest absolute Gasteiger partial charge is 0.160 e. The molecule has 1 aliphatic carbocycles. The normalized spacial score (nSPS) is 12.4. The highest BCUT2D eigenvalue weighted by atomic mass is 14.9. The molecule has 1 aliphatic rings. The maximum Gasteiger partial charge on any atom is 0.160 e. The van der Waals surface area contributed by atoms with E-state index < -0.39 is 5.41 Å². The Bertz CT molecular complexity index is 3090. The summed E-state index contributed by atoms with van der Waals surface area (Å²) in [5, 5.41) is 0. The van der Waals surface area contributed by atoms with Crippen LogP contribution in [0.3, 0.4) is 0 Å². The lowest BCUT2D eigenvalue weighted by molar-refractivity contribution is 0.769. The first kappa shape index (κ1) is 36.2. The lowest BCUT2D eigenvalue weighted by Gasteiger charge is -2.34. The molecule has 0 aliphatic heterocycles. The predicted octanol–water partition coefficient (Wildman–Crippen LogP) is 14.8. The van der Waals surface area contributed by atoms with Crippen molar-refractivity contribution in [1.82, 2.24) is 9.97 Å². The Morgan fingerprint density at radius 1 is 0.246 bits per heavy atom. The molecule has 61 heavy (non-hydrogen) atoms. The van der Waals surface area contributed by atoms with E-state index in [0.29, 0.717) is 5.82 Å². The average molecular weight is 777 g/mol. The molecular formula is C59H40N2. The Morgan fingerprint density at radius 3 is 1.23 bits per heavy atom. The average Bonchev–Trinajstić information content (AvgIpc) is 3.65. The van der Waals surface area contributed by atoms with Crippen LogP contribution in [0.4, 0.5) is 0 Å². The summed E-state index contributed by atoms with van der Waals surface area (Å²) in [5.74, 6) is 0.697. The fourth-order valence-electron chi connectivity index (χ4n) is 9.33. The number of fused-ring (bicyclic) bond motifs is 3. The third-order valence-corrected chi connectivity index (χ3v) is 12.2. The summed E-state index contributed by atoms with van der Waals surface area (Å²) in [4.78, 5) is 10.3. The third-order valence-electron chi connectivity index (χ3n) is 12.2. The third kappa shape index (κ3) is 6.37. The van der Waals surface area contributed by atoms with Crippen LogP contribution < -0.4 is 0 Å². The van der Waals surface area contributed by atoms with E-state index in [1.807, 2.05) is 12.1 Å². The Kier molecular flexibility index (Phi) is 9.09. The van der Waals surface area contributed by atoms with Crippen LogP contribution in [0.25, 0.3) is 78.4 Å². The molecule has 2 heteroatoms. The molecule has 0 N–H and O–H groups in total. The van der Waals surface area contributed by atoms with Gasteiger partial charge in [0.1, 0.15) is 0 Å². The summed E-state index contributed by atoms with van der Waals surface area (Å²) in [6, 6.07) is 87.2. The Balaban J connectivity index is 1.07. The largest absolute Gasteiger partial charge is 0.228 e. The number of benzene rings is 9. The van der Waals surface area contributed by atoms with Crippen molar-refractivity contribution in [1.29, 1.82) is 0 Å². The highest BCUT2D eigenvalue weighted by molar-refractivity contribution is 5.95. The Morgan fingerprint density at radius 2 is 0.639 bits per heavy atom. The molecule has 0 bridgehead atoms. The zero-order valence-electron chi connectivity index (χ0n) is 33.5. The van der Waals surface area contributed by atoms with E-state index in [9.17, 15) is 0 Å². The van der Waals surface area contributed by atoms with Crippen LogP contribution in [-0.2, 0) is 5.41 Å². The Labute approximate surface area is 357 Å². The van der Waals surface area contributed by atoms with Crippen molar-refractivity contribution in [3.05, 3.63) is 265 Å². The minimum atomic E-state index is -0.497. The van der Waals surface area contributed by atoms with Crippen LogP contribution in [0.2, 0.25) is 0 Å². The fourth-order valence-corrected chi connectivity index (χ4v) is 9.33. The molecule has 0 fully saturated rings. The van der Waals surface area contributed by atoms with Gasteiger partial charge in [-0.3, -0.25) is 0 Å². The van der Waals surface area contributed by atoms with Crippen LogP contribution in [-0.4, -0.2) is 9.97 Å². The molecule has 0 radical (unpaired) electrons. The molecule has 1 heterocycles. The number of aromatic nitrogens is 2. The van der Waals surface area contributed by atoms with E-state index in [-0.39, 0.29) is 0 Å². The van der Waals surface area contributed by atoms with Gasteiger partial charge >= 0.3 is 0 Å². The summed E-state index contributed by atoms with van der Waals surface area (Å²) in [6.45, 7) is 0. The van der Waals surface area contributed by atoms with Crippen molar-refractivity contribution in [3.63, 3.8) is 0 Å². The quantitative estimate of drug-likeness (QED) is 0.154. The highest BCUT2D eigenvalue weighted by Crippen LogP contribution is 2.58. The topological polar surface area (TPSA) is 25.8 Å². The summed E-state index contributed by atoms with van der Waals surface area (Å²) < 4.78 is 0. The van der Waals surface area contributed by atoms with Gasteiger partial charge in [0.15, 0.2) is 5.82 Å². The fraction of sp³-hybridized carbons (Fsp3) is 0.0169. The summed E-state index contributed by atoms with van der Waals surface area (Å²) in [5.41, 5.74) is 19.0. The van der Waals surface area contributed by atoms with Gasteiger partial charge in [-0.15, -0.1) is 0 Å². The van der Waals surface area contributed by atoms with Crippen molar-refractivity contribution in [2.24, 2.45) is 0 Å². The van der Waals surface area contributed by atoms with Gasteiger partial charge in [-0.2, -0.15) is 0 Å². The van der Waals surface area contributed by atoms with Gasteiger partial charge in [-0.25, -0.2) is 9.97 Å². The number of hydrogen-bond donors (Lipinski definition) is 0. The van der Waals surface area contributed by atoms with Crippen molar-refractivity contribution < 1.29 is 0 Å². The predicted molar refractivity (Wildman–Crippen MR) is 252 cm³/mol. The van der Waals surface area contributed by atoms with Gasteiger partial charge < -0.3 is 0 Å². The second kappa shape index (κ2) is 15.3. The number of hydrogen-bond acceptors (Lipinski definition) is 2. The first-order valence-electron chi connectivity index (χ1n) is 20.9. The van der Waals surface area contributed by atoms with Gasteiger partial charge in [-0.05, 0) is 85.0 Å². The maximum atomic E-state index is 5.21. The maximum absolute atomic E-state index is 5.21. The van der Waals surface area contributed by atoms with Gasteiger partial charge in [0.2, 0.25) is 0 Å². The standard InChI is InChI=1S/C59H40N2/c1-6-18-41(19-7-1)42-30-36-47(37-31-42)58-60-56(45-22-10-3-11-23-45)40-57(61-58)46-34-32-44(33-35-46)52-39-55-53(38-51(52)43-20-8-2-9-21-43)50-28-16-17-29-54(50)59(55,48-24-12-4-13-25-48)49-26-14-5-15-27-49/h1-40H. The van der Waals surface area contributed by atoms with Gasteiger partial charge in [-0.1, -0.05) is 224 Å². The van der Waals surface area contributed by atoms with E-state index in [1.165, 1.54) is 55.6 Å². The molecule has 0 atom stereocenters. The second-order valence-electron chi connectivity index (χ2n) is 15.7. The molecular weight excluding hydrogens is 737 g/mol. The molecule has 10 aromatic rings. The van der Waals surface area contributed by atoms with Crippen LogP contribution in [0.1, 0.15) is 22.3 Å². The lowest BCUT2D eigenvalue weighted by atomic mass is 9.67. The summed E-state index contributed by atoms with van der Waals surface area (Å²) in [6.07, 6.45) is 0. The number of nitrogens with zero attached hydrogens (tertiary/aromatic N) is 2. The first-order valence-corrected chi connectivity index (χ1v) is 20.9. The van der Waals surface area contributed by atoms with E-state index in [1.54, 1.807) is 0 Å². The van der Waals surface area contributed by atoms with Gasteiger partial charge in [0.25, 0.3) is 0 Å². The molecule has 286 valence electrons. The van der Waals surface area contributed by atoms with E-state index >= 15 is 0 Å². The van der Waals surface area contributed by atoms with Crippen LogP contribution in [0.5, 0.6) is 0 Å². The van der Waals surface area contributed by atoms with Crippen molar-refractivity contribution in [3.8, 4) is 78.4 Å². The van der Waals surface area contributed by atoms with Gasteiger partial charge in [0, 0.05) is 16.7 Å². The molecule has 0 unspecified atom stereocenters. The monoisotopic (exact) mass is 776 g/mol.